The Balaban J connectivity index is 2.29. The number of unbranched alkanes of at least 4 members (excludes halogenated alkanes) is 6. The molecule has 1 rings (SSSR count). The van der Waals surface area contributed by atoms with Crippen molar-refractivity contribution < 1.29 is 0 Å². The molecule has 0 unspecified atom stereocenters. The minimum absolute atomic E-state index is 0.741. The number of hydrogen-bond donors (Lipinski definition) is 0. The summed E-state index contributed by atoms with van der Waals surface area (Å²) < 4.78 is 0.741. The molecule has 0 bridgehead atoms. The molecule has 0 aliphatic heterocycles. The van der Waals surface area contributed by atoms with Crippen LogP contribution in [0.2, 0.25) is 0 Å². The van der Waals surface area contributed by atoms with E-state index in [0.717, 1.165) is 4.58 Å². The molecule has 0 spiro atoms. The van der Waals surface area contributed by atoms with Gasteiger partial charge in [-0.1, -0.05) is 82.7 Å². The zero-order chi connectivity index (χ0) is 15.9. The smallest absolute Gasteiger partial charge is 0.0542 e. The maximum atomic E-state index is 2.29. The molecule has 0 radical (unpaired) electrons. The van der Waals surface area contributed by atoms with E-state index in [9.17, 15) is 0 Å². The van der Waals surface area contributed by atoms with Crippen LogP contribution in [0.4, 0.5) is 0 Å². The summed E-state index contributed by atoms with van der Waals surface area (Å²) in [6.45, 7) is 4.58. The van der Waals surface area contributed by atoms with Crippen LogP contribution < -0.4 is 0 Å². The number of rotatable bonds is 14. The number of thioether (sulfide) groups is 2. The van der Waals surface area contributed by atoms with Crippen molar-refractivity contribution in [3.63, 3.8) is 0 Å². The highest BCUT2D eigenvalue weighted by Crippen LogP contribution is 2.29. The third-order valence-electron chi connectivity index (χ3n) is 3.85. The van der Waals surface area contributed by atoms with Crippen molar-refractivity contribution in [1.82, 2.24) is 0 Å². The lowest BCUT2D eigenvalue weighted by Gasteiger charge is -2.16. The van der Waals surface area contributed by atoms with Crippen LogP contribution in [0, 0.1) is 0 Å². The van der Waals surface area contributed by atoms with E-state index in [2.05, 4.69) is 67.7 Å². The molecular formula is C20H34S2. The van der Waals surface area contributed by atoms with Crippen molar-refractivity contribution in [1.29, 1.82) is 0 Å². The molecule has 126 valence electrons. The van der Waals surface area contributed by atoms with Crippen LogP contribution >= 0.6 is 23.5 Å². The van der Waals surface area contributed by atoms with E-state index < -0.39 is 0 Å². The Labute approximate surface area is 147 Å². The largest absolute Gasteiger partial charge is 0.147 e. The molecule has 0 heterocycles. The van der Waals surface area contributed by atoms with Crippen molar-refractivity contribution in [3.8, 4) is 0 Å². The fourth-order valence-corrected chi connectivity index (χ4v) is 5.31. The zero-order valence-corrected chi connectivity index (χ0v) is 16.2. The van der Waals surface area contributed by atoms with Gasteiger partial charge in [-0.25, -0.2) is 0 Å². The summed E-state index contributed by atoms with van der Waals surface area (Å²) in [6, 6.07) is 11.0. The van der Waals surface area contributed by atoms with Crippen LogP contribution in [0.1, 0.15) is 70.8 Å². The van der Waals surface area contributed by atoms with E-state index in [1.165, 1.54) is 74.9 Å². The molecule has 1 aromatic rings. The fraction of sp³-hybridized carbons (Fsp3) is 0.700. The molecule has 22 heavy (non-hydrogen) atoms. The number of benzene rings is 1. The SMILES string of the molecule is CCCCCCSC(Cc1ccccc1)SCCCCCC. The van der Waals surface area contributed by atoms with Gasteiger partial charge in [-0.05, 0) is 36.3 Å². The lowest BCUT2D eigenvalue weighted by Crippen LogP contribution is -2.05. The predicted molar refractivity (Wildman–Crippen MR) is 107 cm³/mol. The van der Waals surface area contributed by atoms with Gasteiger partial charge in [0.05, 0.1) is 4.58 Å². The molecule has 2 heteroatoms. The second kappa shape index (κ2) is 14.5. The summed E-state index contributed by atoms with van der Waals surface area (Å²) in [4.78, 5) is 0. The molecule has 0 nitrogen and oxygen atoms in total. The van der Waals surface area contributed by atoms with Gasteiger partial charge in [0.2, 0.25) is 0 Å². The average Bonchev–Trinajstić information content (AvgIpc) is 2.55. The van der Waals surface area contributed by atoms with Crippen LogP contribution in [-0.4, -0.2) is 16.1 Å². The quantitative estimate of drug-likeness (QED) is 0.260. The van der Waals surface area contributed by atoms with Crippen molar-refractivity contribution >= 4 is 23.5 Å². The van der Waals surface area contributed by atoms with Gasteiger partial charge >= 0.3 is 0 Å². The maximum Gasteiger partial charge on any atom is 0.0542 e. The van der Waals surface area contributed by atoms with Gasteiger partial charge in [-0.3, -0.25) is 0 Å². The molecule has 0 atom stereocenters. The Morgan fingerprint density at radius 2 is 1.27 bits per heavy atom. The summed E-state index contributed by atoms with van der Waals surface area (Å²) in [5.74, 6) is 2.67. The summed E-state index contributed by atoms with van der Waals surface area (Å²) in [5.41, 5.74) is 1.50. The third kappa shape index (κ3) is 10.6. The molecule has 0 saturated heterocycles. The van der Waals surface area contributed by atoms with Crippen LogP contribution in [-0.2, 0) is 6.42 Å². The topological polar surface area (TPSA) is 0 Å². The van der Waals surface area contributed by atoms with E-state index in [4.69, 9.17) is 0 Å². The molecule has 0 amide bonds. The Bertz CT molecular complexity index is 323. The van der Waals surface area contributed by atoms with Crippen LogP contribution in [0.3, 0.4) is 0 Å². The predicted octanol–water partition coefficient (Wildman–Crippen LogP) is 7.18. The van der Waals surface area contributed by atoms with E-state index in [0.29, 0.717) is 0 Å². The summed E-state index contributed by atoms with van der Waals surface area (Å²) in [7, 11) is 0. The Kier molecular flexibility index (Phi) is 13.2. The van der Waals surface area contributed by atoms with E-state index in [1.807, 2.05) is 0 Å². The molecule has 0 aliphatic rings. The van der Waals surface area contributed by atoms with Crippen molar-refractivity contribution in [2.24, 2.45) is 0 Å². The van der Waals surface area contributed by atoms with Gasteiger partial charge in [0, 0.05) is 0 Å². The summed E-state index contributed by atoms with van der Waals surface area (Å²) in [5, 5.41) is 0. The van der Waals surface area contributed by atoms with E-state index in [-0.39, 0.29) is 0 Å². The fourth-order valence-electron chi connectivity index (χ4n) is 2.46. The normalized spacial score (nSPS) is 11.2. The minimum Gasteiger partial charge on any atom is -0.147 e. The van der Waals surface area contributed by atoms with Crippen LogP contribution in [0.25, 0.3) is 0 Å². The Morgan fingerprint density at radius 3 is 1.77 bits per heavy atom. The molecule has 0 aliphatic carbocycles. The molecule has 0 N–H and O–H groups in total. The van der Waals surface area contributed by atoms with Gasteiger partial charge in [-0.2, -0.15) is 0 Å². The first kappa shape index (κ1) is 20.0. The average molecular weight is 339 g/mol. The molecular weight excluding hydrogens is 304 g/mol. The minimum atomic E-state index is 0.741. The van der Waals surface area contributed by atoms with Gasteiger partial charge in [0.15, 0.2) is 0 Å². The highest BCUT2D eigenvalue weighted by molar-refractivity contribution is 8.17. The van der Waals surface area contributed by atoms with Crippen LogP contribution in [0.5, 0.6) is 0 Å². The highest BCUT2D eigenvalue weighted by atomic mass is 32.2. The van der Waals surface area contributed by atoms with Gasteiger partial charge in [0.25, 0.3) is 0 Å². The second-order valence-electron chi connectivity index (χ2n) is 5.98. The monoisotopic (exact) mass is 338 g/mol. The van der Waals surface area contributed by atoms with Gasteiger partial charge in [-0.15, -0.1) is 23.5 Å². The maximum absolute atomic E-state index is 2.29. The molecule has 0 aromatic heterocycles. The molecule has 0 saturated carbocycles. The first-order chi connectivity index (χ1) is 10.9. The van der Waals surface area contributed by atoms with E-state index in [1.54, 1.807) is 0 Å². The Morgan fingerprint density at radius 1 is 0.727 bits per heavy atom. The van der Waals surface area contributed by atoms with Crippen molar-refractivity contribution in [3.05, 3.63) is 35.9 Å². The Hall–Kier alpha value is -0.0800. The van der Waals surface area contributed by atoms with E-state index >= 15 is 0 Å². The lowest BCUT2D eigenvalue weighted by molar-refractivity contribution is 0.705. The van der Waals surface area contributed by atoms with Crippen molar-refractivity contribution in [2.45, 2.75) is 76.2 Å². The third-order valence-corrected chi connectivity index (χ3v) is 6.79. The molecule has 1 aromatic carbocycles. The van der Waals surface area contributed by atoms with Gasteiger partial charge in [0.1, 0.15) is 0 Å². The highest BCUT2D eigenvalue weighted by Gasteiger charge is 2.10. The second-order valence-corrected chi connectivity index (χ2v) is 8.90. The van der Waals surface area contributed by atoms with Crippen LogP contribution in [0.15, 0.2) is 30.3 Å². The molecule has 0 fully saturated rings. The number of hydrogen-bond acceptors (Lipinski definition) is 2. The standard InChI is InChI=1S/C20H34S2/c1-3-5-7-12-16-21-20(22-17-13-8-6-4-2)18-19-14-10-9-11-15-19/h9-11,14-15,20H,3-8,12-13,16-18H2,1-2H3. The lowest BCUT2D eigenvalue weighted by atomic mass is 10.2. The summed E-state index contributed by atoms with van der Waals surface area (Å²) >= 11 is 4.39. The summed E-state index contributed by atoms with van der Waals surface area (Å²) in [6.07, 6.45) is 12.3. The first-order valence-electron chi connectivity index (χ1n) is 9.14. The van der Waals surface area contributed by atoms with Crippen molar-refractivity contribution in [2.75, 3.05) is 11.5 Å². The van der Waals surface area contributed by atoms with Gasteiger partial charge < -0.3 is 0 Å². The first-order valence-corrected chi connectivity index (χ1v) is 11.2. The zero-order valence-electron chi connectivity index (χ0n) is 14.6.